The average Bonchev–Trinajstić information content (AvgIpc) is 3.11. The number of aryl methyl sites for hydroxylation is 1. The third-order valence-electron chi connectivity index (χ3n) is 5.75. The van der Waals surface area contributed by atoms with Crippen LogP contribution in [0.3, 0.4) is 0 Å². The molecular formula is C25H34N2O4S. The van der Waals surface area contributed by atoms with Gasteiger partial charge < -0.3 is 10.1 Å². The predicted octanol–water partition coefficient (Wildman–Crippen LogP) is 4.04. The fraction of sp³-hybridized carbons (Fsp3) is 0.480. The quantitative estimate of drug-likeness (QED) is 0.583. The van der Waals surface area contributed by atoms with Gasteiger partial charge in [-0.15, -0.1) is 0 Å². The van der Waals surface area contributed by atoms with E-state index >= 15 is 0 Å². The molecule has 0 unspecified atom stereocenters. The highest BCUT2D eigenvalue weighted by molar-refractivity contribution is 7.89. The monoisotopic (exact) mass is 458 g/mol. The second-order valence-corrected chi connectivity index (χ2v) is 10.1. The zero-order valence-corrected chi connectivity index (χ0v) is 19.7. The topological polar surface area (TPSA) is 75.7 Å². The summed E-state index contributed by atoms with van der Waals surface area (Å²) in [5.41, 5.74) is 3.11. The molecule has 1 saturated heterocycles. The zero-order chi connectivity index (χ0) is 22.8. The number of carbonyl (C=O) groups excluding carboxylic acids is 1. The molecule has 0 radical (unpaired) electrons. The van der Waals surface area contributed by atoms with E-state index in [9.17, 15) is 13.2 Å². The Kier molecular flexibility index (Phi) is 9.26. The molecule has 1 fully saturated rings. The minimum absolute atomic E-state index is 0.0235. The minimum atomic E-state index is -3.43. The summed E-state index contributed by atoms with van der Waals surface area (Å²) in [5, 5.41) is 2.94. The normalized spacial score (nSPS) is 15.3. The number of rotatable bonds is 10. The van der Waals surface area contributed by atoms with Gasteiger partial charge in [0.15, 0.2) is 0 Å². The molecule has 32 heavy (non-hydrogen) atoms. The van der Waals surface area contributed by atoms with E-state index in [1.165, 1.54) is 0 Å². The Bertz CT molecular complexity index is 948. The number of sulfonamides is 1. The summed E-state index contributed by atoms with van der Waals surface area (Å²) in [7, 11) is -3.43. The molecule has 1 heterocycles. The molecule has 0 spiro atoms. The first-order chi connectivity index (χ1) is 15.5. The third kappa shape index (κ3) is 7.15. The maximum Gasteiger partial charge on any atom is 0.243 e. The fourth-order valence-corrected chi connectivity index (χ4v) is 5.30. The average molecular weight is 459 g/mol. The summed E-state index contributed by atoms with van der Waals surface area (Å²) in [6.07, 6.45) is 4.95. The lowest BCUT2D eigenvalue weighted by Crippen LogP contribution is -2.31. The fourth-order valence-electron chi connectivity index (χ4n) is 3.78. The maximum absolute atomic E-state index is 12.9. The van der Waals surface area contributed by atoms with Gasteiger partial charge >= 0.3 is 0 Å². The van der Waals surface area contributed by atoms with Crippen molar-refractivity contribution >= 4 is 15.9 Å². The number of nitrogens with one attached hydrogen (secondary N) is 1. The van der Waals surface area contributed by atoms with Crippen LogP contribution in [0.25, 0.3) is 0 Å². The maximum atomic E-state index is 12.9. The molecule has 1 aliphatic rings. The van der Waals surface area contributed by atoms with E-state index in [2.05, 4.69) is 5.32 Å². The molecule has 1 N–H and O–H groups in total. The van der Waals surface area contributed by atoms with Crippen molar-refractivity contribution < 1.29 is 17.9 Å². The Morgan fingerprint density at radius 3 is 2.12 bits per heavy atom. The highest BCUT2D eigenvalue weighted by Gasteiger charge is 2.24. The first-order valence-corrected chi connectivity index (χ1v) is 12.9. The molecule has 0 aliphatic carbocycles. The van der Waals surface area contributed by atoms with Crippen LogP contribution in [0.4, 0.5) is 0 Å². The van der Waals surface area contributed by atoms with Crippen molar-refractivity contribution in [1.29, 1.82) is 0 Å². The molecule has 3 rings (SSSR count). The molecule has 174 valence electrons. The van der Waals surface area contributed by atoms with E-state index in [-0.39, 0.29) is 5.91 Å². The highest BCUT2D eigenvalue weighted by atomic mass is 32.2. The Morgan fingerprint density at radius 1 is 0.906 bits per heavy atom. The van der Waals surface area contributed by atoms with E-state index in [1.807, 2.05) is 43.3 Å². The summed E-state index contributed by atoms with van der Waals surface area (Å²) in [5.74, 6) is -0.0235. The summed E-state index contributed by atoms with van der Waals surface area (Å²) in [4.78, 5) is 12.6. The van der Waals surface area contributed by atoms with E-state index in [0.717, 1.165) is 42.4 Å². The molecule has 1 amide bonds. The first kappa shape index (κ1) is 24.4. The lowest BCUT2D eigenvalue weighted by molar-refractivity contribution is -0.121. The Balaban J connectivity index is 1.45. The van der Waals surface area contributed by atoms with Gasteiger partial charge in [0, 0.05) is 32.7 Å². The SMILES string of the molecule is CCOCc1ccc(CNC(=O)CCc2ccc(S(=O)(=O)N3CCCCCC3)cc2)cc1. The van der Waals surface area contributed by atoms with Crippen LogP contribution in [-0.2, 0) is 39.1 Å². The molecule has 2 aromatic carbocycles. The molecule has 0 saturated carbocycles. The summed E-state index contributed by atoms with van der Waals surface area (Å²) in [6, 6.07) is 15.0. The second kappa shape index (κ2) is 12.1. The van der Waals surface area contributed by atoms with Gasteiger partial charge in [-0.3, -0.25) is 4.79 Å². The molecule has 0 atom stereocenters. The van der Waals surface area contributed by atoms with Crippen LogP contribution in [0, 0.1) is 0 Å². The summed E-state index contributed by atoms with van der Waals surface area (Å²) < 4.78 is 32.7. The van der Waals surface area contributed by atoms with Gasteiger partial charge in [0.1, 0.15) is 0 Å². The number of hydrogen-bond acceptors (Lipinski definition) is 4. The third-order valence-corrected chi connectivity index (χ3v) is 7.67. The van der Waals surface area contributed by atoms with Gasteiger partial charge in [-0.05, 0) is 55.0 Å². The Labute approximate surface area is 192 Å². The van der Waals surface area contributed by atoms with Crippen LogP contribution < -0.4 is 5.32 Å². The number of hydrogen-bond donors (Lipinski definition) is 1. The van der Waals surface area contributed by atoms with E-state index < -0.39 is 10.0 Å². The van der Waals surface area contributed by atoms with E-state index in [1.54, 1.807) is 16.4 Å². The zero-order valence-electron chi connectivity index (χ0n) is 18.9. The molecule has 1 aliphatic heterocycles. The van der Waals surface area contributed by atoms with Crippen molar-refractivity contribution in [2.45, 2.75) is 63.5 Å². The van der Waals surface area contributed by atoms with Crippen LogP contribution in [0.15, 0.2) is 53.4 Å². The van der Waals surface area contributed by atoms with E-state index in [0.29, 0.717) is 50.6 Å². The molecule has 6 nitrogen and oxygen atoms in total. The van der Waals surface area contributed by atoms with Crippen molar-refractivity contribution in [3.63, 3.8) is 0 Å². The van der Waals surface area contributed by atoms with Crippen LogP contribution in [-0.4, -0.2) is 38.3 Å². The Hall–Kier alpha value is -2.22. The van der Waals surface area contributed by atoms with Gasteiger partial charge in [-0.2, -0.15) is 4.31 Å². The number of nitrogens with zero attached hydrogens (tertiary/aromatic N) is 1. The van der Waals surface area contributed by atoms with Gasteiger partial charge in [-0.25, -0.2) is 8.42 Å². The van der Waals surface area contributed by atoms with Gasteiger partial charge in [0.25, 0.3) is 0 Å². The molecule has 0 aromatic heterocycles. The number of benzene rings is 2. The standard InChI is InChI=1S/C25H34N2O4S/c1-2-31-20-23-9-7-22(8-10-23)19-26-25(28)16-13-21-11-14-24(15-12-21)32(29,30)27-17-5-3-4-6-18-27/h7-12,14-15H,2-6,13,16-20H2,1H3,(H,26,28). The molecular weight excluding hydrogens is 424 g/mol. The molecule has 0 bridgehead atoms. The summed E-state index contributed by atoms with van der Waals surface area (Å²) in [6.45, 7) is 4.94. The van der Waals surface area contributed by atoms with Gasteiger partial charge in [-0.1, -0.05) is 49.2 Å². The molecule has 7 heteroatoms. The predicted molar refractivity (Wildman–Crippen MR) is 126 cm³/mol. The largest absolute Gasteiger partial charge is 0.377 e. The van der Waals surface area contributed by atoms with E-state index in [4.69, 9.17) is 4.74 Å². The number of carbonyl (C=O) groups is 1. The minimum Gasteiger partial charge on any atom is -0.377 e. The van der Waals surface area contributed by atoms with Crippen LogP contribution >= 0.6 is 0 Å². The summed E-state index contributed by atoms with van der Waals surface area (Å²) >= 11 is 0. The smallest absolute Gasteiger partial charge is 0.243 e. The molecule has 2 aromatic rings. The highest BCUT2D eigenvalue weighted by Crippen LogP contribution is 2.21. The first-order valence-electron chi connectivity index (χ1n) is 11.5. The van der Waals surface area contributed by atoms with Crippen molar-refractivity contribution in [2.24, 2.45) is 0 Å². The number of amides is 1. The van der Waals surface area contributed by atoms with Crippen LogP contribution in [0.2, 0.25) is 0 Å². The van der Waals surface area contributed by atoms with Crippen LogP contribution in [0.1, 0.15) is 55.7 Å². The van der Waals surface area contributed by atoms with Crippen LogP contribution in [0.5, 0.6) is 0 Å². The lowest BCUT2D eigenvalue weighted by atomic mass is 10.1. The van der Waals surface area contributed by atoms with Crippen molar-refractivity contribution in [2.75, 3.05) is 19.7 Å². The Morgan fingerprint density at radius 2 is 1.50 bits per heavy atom. The second-order valence-electron chi connectivity index (χ2n) is 8.19. The van der Waals surface area contributed by atoms with Crippen molar-refractivity contribution in [1.82, 2.24) is 9.62 Å². The van der Waals surface area contributed by atoms with Crippen molar-refractivity contribution in [3.8, 4) is 0 Å². The van der Waals surface area contributed by atoms with Gasteiger partial charge in [0.05, 0.1) is 11.5 Å². The lowest BCUT2D eigenvalue weighted by Gasteiger charge is -2.20. The van der Waals surface area contributed by atoms with Gasteiger partial charge in [0.2, 0.25) is 15.9 Å². The number of ether oxygens (including phenoxy) is 1. The van der Waals surface area contributed by atoms with Crippen molar-refractivity contribution in [3.05, 3.63) is 65.2 Å².